The maximum Gasteiger partial charge on any atom is 0.356 e. The minimum atomic E-state index is -0.325. The molecule has 1 heterocycles. The number of hydrogen-bond donors (Lipinski definition) is 0. The first-order chi connectivity index (χ1) is 6.22. The highest BCUT2D eigenvalue weighted by atomic mass is 16.5. The molecule has 1 aromatic heterocycles. The Kier molecular flexibility index (Phi) is 3.06. The predicted molar refractivity (Wildman–Crippen MR) is 48.6 cm³/mol. The lowest BCUT2D eigenvalue weighted by Gasteiger charge is -2.00. The summed E-state index contributed by atoms with van der Waals surface area (Å²) in [6, 6.07) is 1.77. The van der Waals surface area contributed by atoms with E-state index in [1.54, 1.807) is 10.7 Å². The molecule has 0 fully saturated rings. The minimum Gasteiger partial charge on any atom is -0.464 e. The van der Waals surface area contributed by atoms with Crippen LogP contribution in [0.1, 0.15) is 30.0 Å². The molecule has 1 rings (SSSR count). The van der Waals surface area contributed by atoms with Gasteiger partial charge in [-0.1, -0.05) is 6.92 Å². The number of methoxy groups -OCH3 is 1. The summed E-state index contributed by atoms with van der Waals surface area (Å²) < 4.78 is 6.29. The maximum absolute atomic E-state index is 11.2. The van der Waals surface area contributed by atoms with Gasteiger partial charge in [0.05, 0.1) is 12.8 Å². The van der Waals surface area contributed by atoms with Crippen LogP contribution in [0.3, 0.4) is 0 Å². The van der Waals surface area contributed by atoms with Crippen molar-refractivity contribution in [1.29, 1.82) is 0 Å². The van der Waals surface area contributed by atoms with Crippen molar-refractivity contribution in [2.75, 3.05) is 7.11 Å². The second-order valence-electron chi connectivity index (χ2n) is 2.68. The highest BCUT2D eigenvalue weighted by Gasteiger charge is 2.13. The number of hydrogen-bond acceptors (Lipinski definition) is 3. The Labute approximate surface area is 77.5 Å². The number of carbonyl (C=O) groups excluding carboxylic acids is 1. The molecule has 0 radical (unpaired) electrons. The highest BCUT2D eigenvalue weighted by Crippen LogP contribution is 2.06. The van der Waals surface area contributed by atoms with Crippen molar-refractivity contribution >= 4 is 5.97 Å². The van der Waals surface area contributed by atoms with Gasteiger partial charge in [0.15, 0.2) is 0 Å². The lowest BCUT2D eigenvalue weighted by atomic mass is 10.3. The van der Waals surface area contributed by atoms with Gasteiger partial charge in [0, 0.05) is 6.54 Å². The van der Waals surface area contributed by atoms with Crippen molar-refractivity contribution in [3.8, 4) is 0 Å². The fourth-order valence-electron chi connectivity index (χ4n) is 1.15. The molecule has 72 valence electrons. The van der Waals surface area contributed by atoms with Gasteiger partial charge in [-0.2, -0.15) is 5.10 Å². The van der Waals surface area contributed by atoms with Gasteiger partial charge in [-0.3, -0.25) is 4.68 Å². The van der Waals surface area contributed by atoms with Crippen LogP contribution in [0.5, 0.6) is 0 Å². The van der Waals surface area contributed by atoms with Crippen molar-refractivity contribution in [1.82, 2.24) is 9.78 Å². The van der Waals surface area contributed by atoms with E-state index < -0.39 is 0 Å². The SMILES string of the molecule is CCc1cc(C(=O)OC)n(CC)n1. The average Bonchev–Trinajstić information content (AvgIpc) is 2.59. The number of nitrogens with zero attached hydrogens (tertiary/aromatic N) is 2. The van der Waals surface area contributed by atoms with Crippen LogP contribution in [0, 0.1) is 0 Å². The van der Waals surface area contributed by atoms with Gasteiger partial charge in [0.1, 0.15) is 5.69 Å². The number of rotatable bonds is 3. The molecule has 0 aromatic carbocycles. The van der Waals surface area contributed by atoms with E-state index in [-0.39, 0.29) is 5.97 Å². The first-order valence-electron chi connectivity index (χ1n) is 4.38. The Bertz CT molecular complexity index is 305. The van der Waals surface area contributed by atoms with Crippen LogP contribution in [0.25, 0.3) is 0 Å². The van der Waals surface area contributed by atoms with Gasteiger partial charge in [0.25, 0.3) is 0 Å². The second-order valence-corrected chi connectivity index (χ2v) is 2.68. The molecule has 4 heteroatoms. The van der Waals surface area contributed by atoms with Crippen molar-refractivity contribution in [2.24, 2.45) is 0 Å². The minimum absolute atomic E-state index is 0.325. The van der Waals surface area contributed by atoms with Gasteiger partial charge < -0.3 is 4.74 Å². The Morgan fingerprint density at radius 1 is 1.62 bits per heavy atom. The molecule has 0 bridgehead atoms. The summed E-state index contributed by atoms with van der Waals surface area (Å²) >= 11 is 0. The van der Waals surface area contributed by atoms with E-state index in [2.05, 4.69) is 9.84 Å². The summed E-state index contributed by atoms with van der Waals surface area (Å²) in [7, 11) is 1.38. The molecule has 0 aliphatic carbocycles. The fourth-order valence-corrected chi connectivity index (χ4v) is 1.15. The first kappa shape index (κ1) is 9.77. The third kappa shape index (κ3) is 1.88. The van der Waals surface area contributed by atoms with E-state index in [0.717, 1.165) is 12.1 Å². The molecule has 13 heavy (non-hydrogen) atoms. The van der Waals surface area contributed by atoms with Crippen LogP contribution in [0.2, 0.25) is 0 Å². The van der Waals surface area contributed by atoms with Crippen LogP contribution in [-0.2, 0) is 17.7 Å². The van der Waals surface area contributed by atoms with E-state index >= 15 is 0 Å². The third-order valence-corrected chi connectivity index (χ3v) is 1.89. The molecular weight excluding hydrogens is 168 g/mol. The van der Waals surface area contributed by atoms with Crippen LogP contribution in [0.15, 0.2) is 6.07 Å². The summed E-state index contributed by atoms with van der Waals surface area (Å²) in [4.78, 5) is 11.2. The smallest absolute Gasteiger partial charge is 0.356 e. The summed E-state index contributed by atoms with van der Waals surface area (Å²) in [5, 5.41) is 4.23. The summed E-state index contributed by atoms with van der Waals surface area (Å²) in [6.45, 7) is 4.63. The molecule has 0 saturated carbocycles. The molecule has 0 aliphatic heterocycles. The zero-order valence-electron chi connectivity index (χ0n) is 8.20. The molecule has 0 aliphatic rings. The third-order valence-electron chi connectivity index (χ3n) is 1.89. The van der Waals surface area contributed by atoms with Crippen molar-refractivity contribution in [3.63, 3.8) is 0 Å². The topological polar surface area (TPSA) is 44.1 Å². The molecule has 1 aromatic rings. The monoisotopic (exact) mass is 182 g/mol. The lowest BCUT2D eigenvalue weighted by Crippen LogP contribution is -2.10. The van der Waals surface area contributed by atoms with Gasteiger partial charge in [-0.25, -0.2) is 4.79 Å². The second kappa shape index (κ2) is 4.07. The van der Waals surface area contributed by atoms with Crippen LogP contribution in [-0.4, -0.2) is 22.9 Å². The summed E-state index contributed by atoms with van der Waals surface area (Å²) in [5.74, 6) is -0.325. The zero-order chi connectivity index (χ0) is 9.84. The average molecular weight is 182 g/mol. The zero-order valence-corrected chi connectivity index (χ0v) is 8.20. The van der Waals surface area contributed by atoms with Gasteiger partial charge in [-0.15, -0.1) is 0 Å². The van der Waals surface area contributed by atoms with E-state index in [0.29, 0.717) is 12.2 Å². The standard InChI is InChI=1S/C9H14N2O2/c1-4-7-6-8(9(12)13-3)11(5-2)10-7/h6H,4-5H2,1-3H3. The van der Waals surface area contributed by atoms with Crippen molar-refractivity contribution in [3.05, 3.63) is 17.5 Å². The summed E-state index contributed by atoms with van der Waals surface area (Å²) in [5.41, 5.74) is 1.45. The number of esters is 1. The molecule has 0 atom stereocenters. The number of ether oxygens (including phenoxy) is 1. The van der Waals surface area contributed by atoms with E-state index in [4.69, 9.17) is 0 Å². The Morgan fingerprint density at radius 3 is 2.77 bits per heavy atom. The largest absolute Gasteiger partial charge is 0.464 e. The number of carbonyl (C=O) groups is 1. The molecule has 0 spiro atoms. The lowest BCUT2D eigenvalue weighted by molar-refractivity contribution is 0.0587. The molecule has 4 nitrogen and oxygen atoms in total. The molecule has 0 amide bonds. The van der Waals surface area contributed by atoms with E-state index in [1.165, 1.54) is 7.11 Å². The molecule has 0 unspecified atom stereocenters. The molecular formula is C9H14N2O2. The van der Waals surface area contributed by atoms with Gasteiger partial charge in [0.2, 0.25) is 0 Å². The van der Waals surface area contributed by atoms with Gasteiger partial charge in [-0.05, 0) is 19.4 Å². The highest BCUT2D eigenvalue weighted by molar-refractivity contribution is 5.87. The quantitative estimate of drug-likeness (QED) is 0.661. The molecule has 0 N–H and O–H groups in total. The Balaban J connectivity index is 3.03. The number of aryl methyl sites for hydroxylation is 2. The van der Waals surface area contributed by atoms with Crippen molar-refractivity contribution in [2.45, 2.75) is 26.8 Å². The summed E-state index contributed by atoms with van der Waals surface area (Å²) in [6.07, 6.45) is 0.830. The Hall–Kier alpha value is -1.32. The number of aromatic nitrogens is 2. The van der Waals surface area contributed by atoms with Crippen LogP contribution >= 0.6 is 0 Å². The maximum atomic E-state index is 11.2. The predicted octanol–water partition coefficient (Wildman–Crippen LogP) is 1.25. The van der Waals surface area contributed by atoms with Gasteiger partial charge >= 0.3 is 5.97 Å². The first-order valence-corrected chi connectivity index (χ1v) is 4.38. The van der Waals surface area contributed by atoms with E-state index in [9.17, 15) is 4.79 Å². The van der Waals surface area contributed by atoms with Crippen LogP contribution in [0.4, 0.5) is 0 Å². The fraction of sp³-hybridized carbons (Fsp3) is 0.556. The van der Waals surface area contributed by atoms with Crippen molar-refractivity contribution < 1.29 is 9.53 Å². The normalized spacial score (nSPS) is 10.1. The Morgan fingerprint density at radius 2 is 2.31 bits per heavy atom. The molecule has 0 saturated heterocycles. The van der Waals surface area contributed by atoms with Crippen LogP contribution < -0.4 is 0 Å². The van der Waals surface area contributed by atoms with E-state index in [1.807, 2.05) is 13.8 Å².